The van der Waals surface area contributed by atoms with Gasteiger partial charge in [-0.25, -0.2) is 8.42 Å². The van der Waals surface area contributed by atoms with Crippen molar-refractivity contribution in [3.63, 3.8) is 0 Å². The van der Waals surface area contributed by atoms with E-state index in [9.17, 15) is 27.7 Å². The molecular weight excluding hydrogens is 295 g/mol. The molecule has 0 spiro atoms. The molecule has 1 rings (SSSR count). The third-order valence-corrected chi connectivity index (χ3v) is 4.23. The van der Waals surface area contributed by atoms with Crippen molar-refractivity contribution in [1.29, 1.82) is 0 Å². The fourth-order valence-corrected chi connectivity index (χ4v) is 2.66. The third kappa shape index (κ3) is 3.08. The van der Waals surface area contributed by atoms with Gasteiger partial charge in [0.1, 0.15) is 6.54 Å². The SMILES string of the molecule is COC(=O)CN(C)S(=O)(=O)c1cccc(F)c1[N+](=O)[O-]. The number of nitro groups is 1. The highest BCUT2D eigenvalue weighted by atomic mass is 32.2. The largest absolute Gasteiger partial charge is 0.468 e. The summed E-state index contributed by atoms with van der Waals surface area (Å²) < 4.78 is 42.5. The molecule has 0 saturated heterocycles. The third-order valence-electron chi connectivity index (χ3n) is 2.40. The normalized spacial score (nSPS) is 11.4. The molecule has 0 aliphatic rings. The molecule has 0 saturated carbocycles. The maximum Gasteiger partial charge on any atom is 0.324 e. The van der Waals surface area contributed by atoms with Crippen molar-refractivity contribution in [3.05, 3.63) is 34.1 Å². The van der Waals surface area contributed by atoms with E-state index in [0.717, 1.165) is 32.4 Å². The average molecular weight is 306 g/mol. The Balaban J connectivity index is 3.33. The van der Waals surface area contributed by atoms with Crippen LogP contribution in [0.3, 0.4) is 0 Å². The van der Waals surface area contributed by atoms with Crippen molar-refractivity contribution in [2.24, 2.45) is 0 Å². The fraction of sp³-hybridized carbons (Fsp3) is 0.300. The molecule has 20 heavy (non-hydrogen) atoms. The van der Waals surface area contributed by atoms with Crippen molar-refractivity contribution in [1.82, 2.24) is 4.31 Å². The second-order valence-corrected chi connectivity index (χ2v) is 5.69. The standard InChI is InChI=1S/C10H11FN2O6S/c1-12(6-9(14)19-2)20(17,18)8-5-3-4-7(11)10(8)13(15)16/h3-5H,6H2,1-2H3. The first-order chi connectivity index (χ1) is 9.21. The van der Waals surface area contributed by atoms with Crippen LogP contribution >= 0.6 is 0 Å². The maximum absolute atomic E-state index is 13.4. The van der Waals surface area contributed by atoms with Crippen LogP contribution in [0.2, 0.25) is 0 Å². The second-order valence-electron chi connectivity index (χ2n) is 3.68. The molecule has 0 amide bonds. The van der Waals surface area contributed by atoms with Crippen molar-refractivity contribution in [2.75, 3.05) is 20.7 Å². The Morgan fingerprint density at radius 2 is 2.10 bits per heavy atom. The minimum atomic E-state index is -4.39. The summed E-state index contributed by atoms with van der Waals surface area (Å²) >= 11 is 0. The van der Waals surface area contributed by atoms with Gasteiger partial charge < -0.3 is 4.74 Å². The summed E-state index contributed by atoms with van der Waals surface area (Å²) in [4.78, 5) is 19.9. The number of hydrogen-bond acceptors (Lipinski definition) is 6. The topological polar surface area (TPSA) is 107 Å². The van der Waals surface area contributed by atoms with E-state index >= 15 is 0 Å². The number of rotatable bonds is 5. The lowest BCUT2D eigenvalue weighted by atomic mass is 10.3. The quantitative estimate of drug-likeness (QED) is 0.446. The summed E-state index contributed by atoms with van der Waals surface area (Å²) in [7, 11) is -2.30. The van der Waals surface area contributed by atoms with Gasteiger partial charge in [0.15, 0.2) is 4.90 Å². The molecule has 1 aromatic rings. The van der Waals surface area contributed by atoms with Gasteiger partial charge in [-0.1, -0.05) is 6.07 Å². The van der Waals surface area contributed by atoms with Crippen molar-refractivity contribution >= 4 is 21.7 Å². The molecule has 0 bridgehead atoms. The number of sulfonamides is 1. The lowest BCUT2D eigenvalue weighted by molar-refractivity contribution is -0.390. The summed E-state index contributed by atoms with van der Waals surface area (Å²) in [6.45, 7) is -0.646. The number of ether oxygens (including phenoxy) is 1. The first kappa shape index (κ1) is 16.0. The van der Waals surface area contributed by atoms with Crippen LogP contribution in [-0.4, -0.2) is 44.3 Å². The van der Waals surface area contributed by atoms with E-state index in [-0.39, 0.29) is 0 Å². The van der Waals surface area contributed by atoms with Crippen molar-refractivity contribution in [3.8, 4) is 0 Å². The molecule has 0 heterocycles. The molecular formula is C10H11FN2O6S. The van der Waals surface area contributed by atoms with E-state index in [2.05, 4.69) is 4.74 Å². The zero-order valence-electron chi connectivity index (χ0n) is 10.6. The predicted molar refractivity (Wildman–Crippen MR) is 64.9 cm³/mol. The van der Waals surface area contributed by atoms with Gasteiger partial charge in [0, 0.05) is 7.05 Å². The number of esters is 1. The van der Waals surface area contributed by atoms with Crippen LogP contribution in [0.1, 0.15) is 0 Å². The summed E-state index contributed by atoms with van der Waals surface area (Å²) in [5, 5.41) is 10.8. The van der Waals surface area contributed by atoms with E-state index < -0.39 is 43.9 Å². The number of likely N-dealkylation sites (N-methyl/N-ethyl adjacent to an activating group) is 1. The maximum atomic E-state index is 13.4. The van der Waals surface area contributed by atoms with Gasteiger partial charge in [-0.05, 0) is 12.1 Å². The van der Waals surface area contributed by atoms with Gasteiger partial charge in [0.2, 0.25) is 15.8 Å². The van der Waals surface area contributed by atoms with E-state index in [1.165, 1.54) is 0 Å². The molecule has 0 N–H and O–H groups in total. The molecule has 0 unspecified atom stereocenters. The lowest BCUT2D eigenvalue weighted by Crippen LogP contribution is -2.33. The van der Waals surface area contributed by atoms with Crippen LogP contribution in [0.5, 0.6) is 0 Å². The van der Waals surface area contributed by atoms with Gasteiger partial charge in [-0.2, -0.15) is 8.70 Å². The number of hydrogen-bond donors (Lipinski definition) is 0. The molecule has 0 fully saturated rings. The van der Waals surface area contributed by atoms with Crippen molar-refractivity contribution < 1.29 is 27.3 Å². The Bertz CT molecular complexity index is 645. The first-order valence-electron chi connectivity index (χ1n) is 5.18. The Kier molecular flexibility index (Phi) is 4.73. The van der Waals surface area contributed by atoms with Crippen LogP contribution in [0.4, 0.5) is 10.1 Å². The summed E-state index contributed by atoms with van der Waals surface area (Å²) in [6.07, 6.45) is 0. The average Bonchev–Trinajstić information content (AvgIpc) is 2.37. The zero-order valence-corrected chi connectivity index (χ0v) is 11.4. The second kappa shape index (κ2) is 5.92. The number of nitrogens with zero attached hydrogens (tertiary/aromatic N) is 2. The fourth-order valence-electron chi connectivity index (χ4n) is 1.38. The van der Waals surface area contributed by atoms with Crippen LogP contribution in [-0.2, 0) is 19.6 Å². The van der Waals surface area contributed by atoms with E-state index in [0.29, 0.717) is 4.31 Å². The zero-order chi connectivity index (χ0) is 15.5. The lowest BCUT2D eigenvalue weighted by Gasteiger charge is -2.15. The number of carbonyl (C=O) groups excluding carboxylic acids is 1. The molecule has 8 nitrogen and oxygen atoms in total. The van der Waals surface area contributed by atoms with Gasteiger partial charge in [-0.3, -0.25) is 14.9 Å². The molecule has 1 aromatic carbocycles. The molecule has 0 radical (unpaired) electrons. The molecule has 110 valence electrons. The van der Waals surface area contributed by atoms with E-state index in [1.54, 1.807) is 0 Å². The summed E-state index contributed by atoms with van der Waals surface area (Å²) in [6, 6.07) is 2.70. The number of carbonyl (C=O) groups is 1. The van der Waals surface area contributed by atoms with Gasteiger partial charge in [0.05, 0.1) is 12.0 Å². The minimum Gasteiger partial charge on any atom is -0.468 e. The number of halogens is 1. The van der Waals surface area contributed by atoms with Gasteiger partial charge >= 0.3 is 11.7 Å². The number of nitro benzene ring substituents is 1. The van der Waals surface area contributed by atoms with E-state index in [1.807, 2.05) is 0 Å². The Morgan fingerprint density at radius 1 is 1.50 bits per heavy atom. The molecule has 0 aliphatic heterocycles. The van der Waals surface area contributed by atoms with Crippen LogP contribution < -0.4 is 0 Å². The van der Waals surface area contributed by atoms with Crippen LogP contribution in [0, 0.1) is 15.9 Å². The Morgan fingerprint density at radius 3 is 2.60 bits per heavy atom. The number of benzene rings is 1. The summed E-state index contributed by atoms with van der Waals surface area (Å²) in [5.74, 6) is -2.13. The Hall–Kier alpha value is -2.07. The minimum absolute atomic E-state index is 0.542. The Labute approximate surface area is 114 Å². The molecule has 0 atom stereocenters. The van der Waals surface area contributed by atoms with Gasteiger partial charge in [0.25, 0.3) is 0 Å². The van der Waals surface area contributed by atoms with Crippen LogP contribution in [0.25, 0.3) is 0 Å². The van der Waals surface area contributed by atoms with Gasteiger partial charge in [-0.15, -0.1) is 0 Å². The molecule has 0 aliphatic carbocycles. The van der Waals surface area contributed by atoms with Crippen LogP contribution in [0.15, 0.2) is 23.1 Å². The molecule has 0 aromatic heterocycles. The highest BCUT2D eigenvalue weighted by Crippen LogP contribution is 2.28. The van der Waals surface area contributed by atoms with E-state index in [4.69, 9.17) is 0 Å². The monoisotopic (exact) mass is 306 g/mol. The first-order valence-corrected chi connectivity index (χ1v) is 6.62. The number of para-hydroxylation sites is 1. The number of methoxy groups -OCH3 is 1. The highest BCUT2D eigenvalue weighted by Gasteiger charge is 2.33. The molecule has 10 heteroatoms. The van der Waals surface area contributed by atoms with Crippen molar-refractivity contribution in [2.45, 2.75) is 4.90 Å². The smallest absolute Gasteiger partial charge is 0.324 e. The predicted octanol–water partition coefficient (Wildman–Crippen LogP) is 0.527. The highest BCUT2D eigenvalue weighted by molar-refractivity contribution is 7.89. The summed E-state index contributed by atoms with van der Waals surface area (Å²) in [5.41, 5.74) is -1.16.